The van der Waals surface area contributed by atoms with E-state index in [9.17, 15) is 4.39 Å². The first-order chi connectivity index (χ1) is 14.2. The molecule has 7 nitrogen and oxygen atoms in total. The lowest BCUT2D eigenvalue weighted by Crippen LogP contribution is -2.51. The second-order valence-corrected chi connectivity index (χ2v) is 7.21. The van der Waals surface area contributed by atoms with Crippen molar-refractivity contribution in [2.45, 2.75) is 6.54 Å². The molecule has 0 atom stereocenters. The molecular weight excluding hydrogens is 498 g/mol. The van der Waals surface area contributed by atoms with Crippen molar-refractivity contribution in [3.8, 4) is 0 Å². The second kappa shape index (κ2) is 10.8. The monoisotopic (exact) mass is 526 g/mol. The lowest BCUT2D eigenvalue weighted by atomic mass is 10.2. The van der Waals surface area contributed by atoms with Gasteiger partial charge in [0, 0.05) is 56.7 Å². The maximum Gasteiger partial charge on any atom is 0.191 e. The molecule has 2 N–H and O–H groups in total. The Labute approximate surface area is 193 Å². The van der Waals surface area contributed by atoms with E-state index in [1.165, 1.54) is 12.1 Å². The van der Waals surface area contributed by atoms with Crippen LogP contribution in [0.5, 0.6) is 0 Å². The highest BCUT2D eigenvalue weighted by Crippen LogP contribution is 2.20. The summed E-state index contributed by atoms with van der Waals surface area (Å²) in [4.78, 5) is 15.8. The van der Waals surface area contributed by atoms with E-state index in [0.717, 1.165) is 69.6 Å². The van der Waals surface area contributed by atoms with Crippen molar-refractivity contribution in [1.29, 1.82) is 0 Å². The normalized spacial score (nSPS) is 17.6. The van der Waals surface area contributed by atoms with E-state index >= 15 is 0 Å². The minimum Gasteiger partial charge on any atom is -0.378 e. The fourth-order valence-electron chi connectivity index (χ4n) is 3.73. The van der Waals surface area contributed by atoms with Crippen LogP contribution >= 0.6 is 24.0 Å². The number of rotatable bonds is 4. The van der Waals surface area contributed by atoms with Gasteiger partial charge in [-0.2, -0.15) is 0 Å². The fourth-order valence-corrected chi connectivity index (χ4v) is 3.73. The Bertz CT molecular complexity index is 836. The number of nitrogens with zero attached hydrogens (tertiary/aromatic N) is 5. The lowest BCUT2D eigenvalue weighted by Gasteiger charge is -2.36. The number of anilines is 2. The van der Waals surface area contributed by atoms with E-state index in [1.807, 2.05) is 24.4 Å². The lowest BCUT2D eigenvalue weighted by molar-refractivity contribution is 0.122. The maximum atomic E-state index is 13.1. The van der Waals surface area contributed by atoms with Crippen molar-refractivity contribution in [3.63, 3.8) is 0 Å². The Morgan fingerprint density at radius 3 is 2.40 bits per heavy atom. The number of aromatic nitrogens is 1. The molecular formula is C21H28FIN6O. The molecule has 0 unspecified atom stereocenters. The second-order valence-electron chi connectivity index (χ2n) is 7.21. The molecule has 0 bridgehead atoms. The highest BCUT2D eigenvalue weighted by molar-refractivity contribution is 14.0. The third-order valence-corrected chi connectivity index (χ3v) is 5.38. The summed E-state index contributed by atoms with van der Waals surface area (Å²) < 4.78 is 18.6. The summed E-state index contributed by atoms with van der Waals surface area (Å²) in [5.41, 5.74) is 8.39. The minimum absolute atomic E-state index is 0. The van der Waals surface area contributed by atoms with Gasteiger partial charge in [-0.15, -0.1) is 24.0 Å². The molecule has 1 aromatic heterocycles. The van der Waals surface area contributed by atoms with Crippen LogP contribution in [-0.2, 0) is 11.3 Å². The highest BCUT2D eigenvalue weighted by Gasteiger charge is 2.19. The van der Waals surface area contributed by atoms with Crippen molar-refractivity contribution >= 4 is 41.4 Å². The van der Waals surface area contributed by atoms with Gasteiger partial charge in [-0.05, 0) is 30.3 Å². The molecule has 0 aliphatic carbocycles. The number of nitrogens with two attached hydrogens (primary N) is 1. The quantitative estimate of drug-likeness (QED) is 0.375. The summed E-state index contributed by atoms with van der Waals surface area (Å²) in [5.74, 6) is 1.31. The van der Waals surface area contributed by atoms with Crippen LogP contribution < -0.4 is 15.5 Å². The molecule has 162 valence electrons. The number of piperazine rings is 1. The molecule has 0 radical (unpaired) electrons. The Morgan fingerprint density at radius 2 is 1.70 bits per heavy atom. The van der Waals surface area contributed by atoms with E-state index in [0.29, 0.717) is 12.5 Å². The SMILES string of the molecule is I.NC(=NCc1cccnc1N1CCOCC1)N1CCN(c2ccc(F)cc2)CC1. The molecule has 1 aromatic carbocycles. The molecule has 4 rings (SSSR count). The number of hydrogen-bond acceptors (Lipinski definition) is 5. The van der Waals surface area contributed by atoms with Crippen LogP contribution in [-0.4, -0.2) is 68.3 Å². The number of guanidine groups is 1. The van der Waals surface area contributed by atoms with E-state index < -0.39 is 0 Å². The molecule has 2 saturated heterocycles. The molecule has 0 saturated carbocycles. The molecule has 3 heterocycles. The van der Waals surface area contributed by atoms with Crippen molar-refractivity contribution in [2.75, 3.05) is 62.3 Å². The third kappa shape index (κ3) is 5.51. The standard InChI is InChI=1S/C21H27FN6O.HI/c22-18-3-5-19(6-4-18)26-8-10-28(11-9-26)21(23)25-16-17-2-1-7-24-20(17)27-12-14-29-15-13-27;/h1-7H,8-16H2,(H2,23,25);1H. The van der Waals surface area contributed by atoms with Crippen molar-refractivity contribution < 1.29 is 9.13 Å². The van der Waals surface area contributed by atoms with Crippen LogP contribution in [0.3, 0.4) is 0 Å². The topological polar surface area (TPSA) is 70.2 Å². The van der Waals surface area contributed by atoms with E-state index in [4.69, 9.17) is 10.5 Å². The third-order valence-electron chi connectivity index (χ3n) is 5.38. The summed E-state index contributed by atoms with van der Waals surface area (Å²) in [6.45, 7) is 6.86. The van der Waals surface area contributed by atoms with Gasteiger partial charge in [0.15, 0.2) is 5.96 Å². The smallest absolute Gasteiger partial charge is 0.191 e. The van der Waals surface area contributed by atoms with E-state index in [2.05, 4.69) is 30.7 Å². The molecule has 2 fully saturated rings. The molecule has 30 heavy (non-hydrogen) atoms. The Hall–Kier alpha value is -2.14. The average molecular weight is 526 g/mol. The first-order valence-corrected chi connectivity index (χ1v) is 10.0. The van der Waals surface area contributed by atoms with Gasteiger partial charge in [0.2, 0.25) is 0 Å². The van der Waals surface area contributed by atoms with Crippen LogP contribution in [0.1, 0.15) is 5.56 Å². The fraction of sp³-hybridized carbons (Fsp3) is 0.429. The summed E-state index contributed by atoms with van der Waals surface area (Å²) in [7, 11) is 0. The van der Waals surface area contributed by atoms with Gasteiger partial charge in [-0.1, -0.05) is 6.07 Å². The summed E-state index contributed by atoms with van der Waals surface area (Å²) in [5, 5.41) is 0. The summed E-state index contributed by atoms with van der Waals surface area (Å²) in [6.07, 6.45) is 1.82. The molecule has 2 aliphatic heterocycles. The molecule has 0 amide bonds. The van der Waals surface area contributed by atoms with Gasteiger partial charge >= 0.3 is 0 Å². The summed E-state index contributed by atoms with van der Waals surface area (Å²) >= 11 is 0. The number of aliphatic imine (C=N–C) groups is 1. The molecule has 9 heteroatoms. The zero-order valence-electron chi connectivity index (χ0n) is 16.9. The van der Waals surface area contributed by atoms with Crippen molar-refractivity contribution in [1.82, 2.24) is 9.88 Å². The van der Waals surface area contributed by atoms with Crippen LogP contribution in [0.4, 0.5) is 15.9 Å². The van der Waals surface area contributed by atoms with Crippen LogP contribution in [0.25, 0.3) is 0 Å². The zero-order chi connectivity index (χ0) is 20.1. The first kappa shape index (κ1) is 22.5. The number of halogens is 2. The maximum absolute atomic E-state index is 13.1. The first-order valence-electron chi connectivity index (χ1n) is 10.0. The van der Waals surface area contributed by atoms with E-state index in [1.54, 1.807) is 0 Å². The highest BCUT2D eigenvalue weighted by atomic mass is 127. The van der Waals surface area contributed by atoms with Gasteiger partial charge in [0.25, 0.3) is 0 Å². The van der Waals surface area contributed by atoms with Gasteiger partial charge in [0.05, 0.1) is 19.8 Å². The largest absolute Gasteiger partial charge is 0.378 e. The minimum atomic E-state index is -0.212. The van der Waals surface area contributed by atoms with E-state index in [-0.39, 0.29) is 29.8 Å². The molecule has 2 aromatic rings. The van der Waals surface area contributed by atoms with Gasteiger partial charge in [0.1, 0.15) is 11.6 Å². The van der Waals surface area contributed by atoms with Gasteiger partial charge in [-0.3, -0.25) is 0 Å². The number of hydrogen-bond donors (Lipinski definition) is 1. The predicted octanol–water partition coefficient (Wildman–Crippen LogP) is 2.31. The predicted molar refractivity (Wildman–Crippen MR) is 128 cm³/mol. The number of ether oxygens (including phenoxy) is 1. The molecule has 0 spiro atoms. The molecule has 2 aliphatic rings. The number of morpholine rings is 1. The summed E-state index contributed by atoms with van der Waals surface area (Å²) in [6, 6.07) is 10.6. The zero-order valence-corrected chi connectivity index (χ0v) is 19.2. The Morgan fingerprint density at radius 1 is 1.00 bits per heavy atom. The number of pyridine rings is 1. The van der Waals surface area contributed by atoms with Gasteiger partial charge in [-0.25, -0.2) is 14.4 Å². The Balaban J connectivity index is 0.00000256. The van der Waals surface area contributed by atoms with Crippen LogP contribution in [0.15, 0.2) is 47.6 Å². The van der Waals surface area contributed by atoms with Gasteiger partial charge < -0.3 is 25.2 Å². The van der Waals surface area contributed by atoms with Crippen molar-refractivity contribution in [3.05, 3.63) is 54.0 Å². The van der Waals surface area contributed by atoms with Crippen molar-refractivity contribution in [2.24, 2.45) is 10.7 Å². The van der Waals surface area contributed by atoms with Crippen LogP contribution in [0, 0.1) is 5.82 Å². The number of benzene rings is 1. The van der Waals surface area contributed by atoms with Crippen LogP contribution in [0.2, 0.25) is 0 Å². The average Bonchev–Trinajstić information content (AvgIpc) is 2.79. The Kier molecular flexibility index (Phi) is 8.08.